The number of nitrogens with zero attached hydrogens (tertiary/aromatic N) is 1. The van der Waals surface area contributed by atoms with Crippen LogP contribution in [-0.4, -0.2) is 40.3 Å². The molecule has 0 radical (unpaired) electrons. The van der Waals surface area contributed by atoms with Crippen LogP contribution < -0.4 is 24.3 Å². The van der Waals surface area contributed by atoms with E-state index in [9.17, 15) is 0 Å². The second-order valence-corrected chi connectivity index (χ2v) is 5.51. The van der Waals surface area contributed by atoms with Gasteiger partial charge in [-0.05, 0) is 29.8 Å². The van der Waals surface area contributed by atoms with E-state index in [4.69, 9.17) is 18.9 Å². The van der Waals surface area contributed by atoms with E-state index in [2.05, 4.69) is 10.3 Å². The van der Waals surface area contributed by atoms with E-state index in [0.29, 0.717) is 23.9 Å². The number of aliphatic imine (C=N–C) groups is 1. The third-order valence-electron chi connectivity index (χ3n) is 3.91. The molecular formula is C19H22N2O4. The molecule has 1 N–H and O–H groups in total. The summed E-state index contributed by atoms with van der Waals surface area (Å²) in [5, 5.41) is 3.26. The first-order valence-electron chi connectivity index (χ1n) is 8.05. The van der Waals surface area contributed by atoms with E-state index < -0.39 is 0 Å². The molecule has 1 aliphatic heterocycles. The van der Waals surface area contributed by atoms with Gasteiger partial charge in [-0.25, -0.2) is 0 Å². The number of rotatable bonds is 7. The summed E-state index contributed by atoms with van der Waals surface area (Å²) in [7, 11) is 4.78. The van der Waals surface area contributed by atoms with Gasteiger partial charge in [-0.2, -0.15) is 0 Å². The van der Waals surface area contributed by atoms with Crippen LogP contribution in [0.4, 0.5) is 0 Å². The Hall–Kier alpha value is -2.89. The van der Waals surface area contributed by atoms with Gasteiger partial charge in [0.25, 0.3) is 0 Å². The third kappa shape index (κ3) is 3.79. The Balaban J connectivity index is 1.76. The van der Waals surface area contributed by atoms with Crippen LogP contribution in [0.25, 0.3) is 0 Å². The summed E-state index contributed by atoms with van der Waals surface area (Å²) >= 11 is 0. The maximum absolute atomic E-state index is 5.93. The highest BCUT2D eigenvalue weighted by Crippen LogP contribution is 2.38. The number of hydrogen-bond acceptors (Lipinski definition) is 6. The zero-order valence-electron chi connectivity index (χ0n) is 14.7. The second kappa shape index (κ2) is 7.79. The molecule has 6 heteroatoms. The maximum Gasteiger partial charge on any atom is 0.203 e. The molecule has 132 valence electrons. The fourth-order valence-electron chi connectivity index (χ4n) is 2.71. The van der Waals surface area contributed by atoms with Gasteiger partial charge in [-0.3, -0.25) is 4.99 Å². The average molecular weight is 342 g/mol. The van der Waals surface area contributed by atoms with Crippen molar-refractivity contribution >= 4 is 5.84 Å². The first-order chi connectivity index (χ1) is 12.2. The Morgan fingerprint density at radius 2 is 1.76 bits per heavy atom. The van der Waals surface area contributed by atoms with Crippen LogP contribution >= 0.6 is 0 Å². The summed E-state index contributed by atoms with van der Waals surface area (Å²) in [6.07, 6.45) is 0. The van der Waals surface area contributed by atoms with Crippen molar-refractivity contribution in [2.75, 3.05) is 34.4 Å². The van der Waals surface area contributed by atoms with Crippen LogP contribution in [-0.2, 0) is 6.61 Å². The summed E-state index contributed by atoms with van der Waals surface area (Å²) in [6, 6.07) is 11.7. The van der Waals surface area contributed by atoms with E-state index >= 15 is 0 Å². The smallest absolute Gasteiger partial charge is 0.203 e. The molecule has 0 aromatic heterocycles. The molecule has 0 bridgehead atoms. The average Bonchev–Trinajstić information content (AvgIpc) is 3.20. The van der Waals surface area contributed by atoms with E-state index in [-0.39, 0.29) is 0 Å². The van der Waals surface area contributed by atoms with Crippen molar-refractivity contribution in [3.63, 3.8) is 0 Å². The monoisotopic (exact) mass is 342 g/mol. The highest BCUT2D eigenvalue weighted by atomic mass is 16.5. The second-order valence-electron chi connectivity index (χ2n) is 5.51. The van der Waals surface area contributed by atoms with Gasteiger partial charge in [-0.1, -0.05) is 12.1 Å². The van der Waals surface area contributed by atoms with E-state index in [1.807, 2.05) is 36.4 Å². The van der Waals surface area contributed by atoms with Gasteiger partial charge in [0, 0.05) is 12.1 Å². The van der Waals surface area contributed by atoms with Gasteiger partial charge < -0.3 is 24.3 Å². The summed E-state index contributed by atoms with van der Waals surface area (Å²) in [6.45, 7) is 2.08. The summed E-state index contributed by atoms with van der Waals surface area (Å²) in [5.41, 5.74) is 1.95. The molecule has 2 aromatic rings. The number of hydrogen-bond donors (Lipinski definition) is 1. The zero-order chi connectivity index (χ0) is 17.6. The van der Waals surface area contributed by atoms with E-state index in [0.717, 1.165) is 35.8 Å². The van der Waals surface area contributed by atoms with Crippen LogP contribution in [0.1, 0.15) is 11.1 Å². The van der Waals surface area contributed by atoms with Crippen molar-refractivity contribution in [3.8, 4) is 23.0 Å². The molecule has 0 unspecified atom stereocenters. The highest BCUT2D eigenvalue weighted by molar-refractivity contribution is 6.00. The molecule has 2 aromatic carbocycles. The Kier molecular flexibility index (Phi) is 5.28. The molecule has 0 saturated heterocycles. The lowest BCUT2D eigenvalue weighted by atomic mass is 10.2. The van der Waals surface area contributed by atoms with Crippen LogP contribution in [0.2, 0.25) is 0 Å². The van der Waals surface area contributed by atoms with Crippen molar-refractivity contribution < 1.29 is 18.9 Å². The molecule has 25 heavy (non-hydrogen) atoms. The van der Waals surface area contributed by atoms with Gasteiger partial charge in [0.15, 0.2) is 11.5 Å². The quantitative estimate of drug-likeness (QED) is 0.838. The van der Waals surface area contributed by atoms with Crippen LogP contribution in [0.3, 0.4) is 0 Å². The van der Waals surface area contributed by atoms with Crippen molar-refractivity contribution in [1.29, 1.82) is 0 Å². The molecule has 1 heterocycles. The minimum Gasteiger partial charge on any atom is -0.493 e. The van der Waals surface area contributed by atoms with Gasteiger partial charge in [-0.15, -0.1) is 0 Å². The van der Waals surface area contributed by atoms with Crippen LogP contribution in [0.5, 0.6) is 23.0 Å². The molecule has 1 aliphatic rings. The first kappa shape index (κ1) is 17.0. The zero-order valence-corrected chi connectivity index (χ0v) is 14.7. The van der Waals surface area contributed by atoms with Crippen molar-refractivity contribution in [2.45, 2.75) is 6.61 Å². The summed E-state index contributed by atoms with van der Waals surface area (Å²) in [5.74, 6) is 3.49. The Labute approximate surface area is 147 Å². The summed E-state index contributed by atoms with van der Waals surface area (Å²) in [4.78, 5) is 4.43. The Bertz CT molecular complexity index is 749. The van der Waals surface area contributed by atoms with Gasteiger partial charge >= 0.3 is 0 Å². The molecule has 0 fully saturated rings. The SMILES string of the molecule is COc1cc(COc2cccc(C3=NCCN3)c2)cc(OC)c1OC. The van der Waals surface area contributed by atoms with Gasteiger partial charge in [0.2, 0.25) is 5.75 Å². The molecule has 3 rings (SSSR count). The van der Waals surface area contributed by atoms with Crippen molar-refractivity contribution in [2.24, 2.45) is 4.99 Å². The topological polar surface area (TPSA) is 61.3 Å². The largest absolute Gasteiger partial charge is 0.493 e. The lowest BCUT2D eigenvalue weighted by molar-refractivity contribution is 0.298. The molecule has 0 atom stereocenters. The maximum atomic E-state index is 5.93. The van der Waals surface area contributed by atoms with Crippen LogP contribution in [0.15, 0.2) is 41.4 Å². The Morgan fingerprint density at radius 1 is 1.00 bits per heavy atom. The molecule has 0 spiro atoms. The predicted molar refractivity (Wildman–Crippen MR) is 96.3 cm³/mol. The number of ether oxygens (including phenoxy) is 4. The standard InChI is InChI=1S/C19H22N2O4/c1-22-16-9-13(10-17(23-2)18(16)24-3)12-25-15-6-4-5-14(11-15)19-20-7-8-21-19/h4-6,9-11H,7-8,12H2,1-3H3,(H,20,21). The molecule has 0 aliphatic carbocycles. The fourth-order valence-corrected chi connectivity index (χ4v) is 2.71. The number of nitrogens with one attached hydrogen (secondary N) is 1. The third-order valence-corrected chi connectivity index (χ3v) is 3.91. The fraction of sp³-hybridized carbons (Fsp3) is 0.316. The van der Waals surface area contributed by atoms with Gasteiger partial charge in [0.05, 0.1) is 27.9 Å². The molecular weight excluding hydrogens is 320 g/mol. The predicted octanol–water partition coefficient (Wildman–Crippen LogP) is 2.64. The minimum absolute atomic E-state index is 0.389. The van der Waals surface area contributed by atoms with Crippen molar-refractivity contribution in [1.82, 2.24) is 5.32 Å². The molecule has 6 nitrogen and oxygen atoms in total. The molecule has 0 saturated carbocycles. The van der Waals surface area contributed by atoms with Crippen LogP contribution in [0, 0.1) is 0 Å². The Morgan fingerprint density at radius 3 is 2.36 bits per heavy atom. The first-order valence-corrected chi connectivity index (χ1v) is 8.05. The molecule has 0 amide bonds. The number of benzene rings is 2. The lowest BCUT2D eigenvalue weighted by Crippen LogP contribution is -2.19. The normalized spacial score (nSPS) is 13.0. The lowest BCUT2D eigenvalue weighted by Gasteiger charge is -2.15. The van der Waals surface area contributed by atoms with E-state index in [1.165, 1.54) is 0 Å². The summed E-state index contributed by atoms with van der Waals surface area (Å²) < 4.78 is 22.0. The number of methoxy groups -OCH3 is 3. The highest BCUT2D eigenvalue weighted by Gasteiger charge is 2.14. The van der Waals surface area contributed by atoms with Gasteiger partial charge in [0.1, 0.15) is 18.2 Å². The van der Waals surface area contributed by atoms with Crippen molar-refractivity contribution in [3.05, 3.63) is 47.5 Å². The van der Waals surface area contributed by atoms with E-state index in [1.54, 1.807) is 21.3 Å². The number of amidine groups is 1. The minimum atomic E-state index is 0.389.